The van der Waals surface area contributed by atoms with Crippen LogP contribution in [0.2, 0.25) is 0 Å². The molecular weight excluding hydrogens is 586 g/mol. The highest BCUT2D eigenvalue weighted by Crippen LogP contribution is 2.30. The number of nitrogens with one attached hydrogen (secondary N) is 1. The Morgan fingerprint density at radius 1 is 1.07 bits per heavy atom. The number of amides is 4. The first-order chi connectivity index (χ1) is 21.2. The Kier molecular flexibility index (Phi) is 10.8. The number of hydrogen-bond donors (Lipinski definition) is 1. The number of aromatic nitrogens is 2. The normalized spacial score (nSPS) is 18.6. The standard InChI is InChI=1S/C32H44F2N6O5/c1-21(37(5)31(44)45-32(2,3)4)28(41)36-27(22-10-7-6-8-11-22)30(43)39-17-9-12-25(39)18-40(34)29(42)26-19-38(20-35-26)24-15-13-23(33)14-16-24/h13-16,19-22,25,27H,6-12,17-18H2,1-5H3,(H,36,41)/t21-,25-,27-/m0/s1. The van der Waals surface area contributed by atoms with Crippen LogP contribution < -0.4 is 5.32 Å². The molecule has 4 amide bonds. The predicted octanol–water partition coefficient (Wildman–Crippen LogP) is 4.65. The van der Waals surface area contributed by atoms with Crippen molar-refractivity contribution in [2.45, 2.75) is 96.4 Å². The van der Waals surface area contributed by atoms with E-state index in [0.717, 1.165) is 32.1 Å². The molecule has 0 radical (unpaired) electrons. The molecule has 1 saturated carbocycles. The number of likely N-dealkylation sites (tertiary alicyclic amines) is 1. The van der Waals surface area contributed by atoms with Crippen molar-refractivity contribution in [2.24, 2.45) is 5.92 Å². The maximum absolute atomic E-state index is 15.3. The van der Waals surface area contributed by atoms with Crippen LogP contribution in [0.25, 0.3) is 5.69 Å². The van der Waals surface area contributed by atoms with E-state index in [9.17, 15) is 23.6 Å². The van der Waals surface area contributed by atoms with Gasteiger partial charge in [-0.3, -0.25) is 19.3 Å². The van der Waals surface area contributed by atoms with Crippen molar-refractivity contribution in [3.63, 3.8) is 0 Å². The van der Waals surface area contributed by atoms with Crippen LogP contribution in [-0.4, -0.2) is 92.2 Å². The fraction of sp³-hybridized carbons (Fsp3) is 0.594. The van der Waals surface area contributed by atoms with Gasteiger partial charge in [-0.1, -0.05) is 23.7 Å². The van der Waals surface area contributed by atoms with E-state index in [2.05, 4.69) is 10.3 Å². The Morgan fingerprint density at radius 2 is 1.73 bits per heavy atom. The van der Waals surface area contributed by atoms with Crippen molar-refractivity contribution in [3.8, 4) is 5.69 Å². The zero-order chi connectivity index (χ0) is 32.9. The largest absolute Gasteiger partial charge is 0.444 e. The van der Waals surface area contributed by atoms with Crippen LogP contribution in [0.3, 0.4) is 0 Å². The monoisotopic (exact) mass is 630 g/mol. The lowest BCUT2D eigenvalue weighted by Crippen LogP contribution is -2.58. The van der Waals surface area contributed by atoms with E-state index in [1.807, 2.05) is 0 Å². The van der Waals surface area contributed by atoms with Crippen LogP contribution in [0, 0.1) is 11.7 Å². The topological polar surface area (TPSA) is 117 Å². The van der Waals surface area contributed by atoms with Crippen molar-refractivity contribution < 1.29 is 32.8 Å². The van der Waals surface area contributed by atoms with E-state index < -0.39 is 47.5 Å². The third-order valence-corrected chi connectivity index (χ3v) is 8.51. The highest BCUT2D eigenvalue weighted by atomic mass is 19.2. The minimum atomic E-state index is -0.953. The molecule has 3 atom stereocenters. The van der Waals surface area contributed by atoms with E-state index in [4.69, 9.17) is 4.74 Å². The van der Waals surface area contributed by atoms with E-state index in [1.54, 1.807) is 32.6 Å². The maximum atomic E-state index is 15.3. The number of hydrogen-bond acceptors (Lipinski definition) is 6. The van der Waals surface area contributed by atoms with Crippen molar-refractivity contribution >= 4 is 23.8 Å². The molecule has 45 heavy (non-hydrogen) atoms. The summed E-state index contributed by atoms with van der Waals surface area (Å²) < 4.78 is 35.5. The Bertz CT molecular complexity index is 1350. The van der Waals surface area contributed by atoms with Gasteiger partial charge in [-0.15, -0.1) is 0 Å². The summed E-state index contributed by atoms with van der Waals surface area (Å²) in [5, 5.41) is 2.99. The fourth-order valence-corrected chi connectivity index (χ4v) is 5.86. The minimum absolute atomic E-state index is 0.0691. The van der Waals surface area contributed by atoms with Gasteiger partial charge in [-0.25, -0.2) is 14.2 Å². The molecule has 1 N–H and O–H groups in total. The number of benzene rings is 1. The summed E-state index contributed by atoms with van der Waals surface area (Å²) in [5.74, 6) is -2.26. The maximum Gasteiger partial charge on any atom is 0.410 e. The highest BCUT2D eigenvalue weighted by molar-refractivity contribution is 5.92. The van der Waals surface area contributed by atoms with Crippen molar-refractivity contribution in [1.82, 2.24) is 29.8 Å². The molecule has 0 spiro atoms. The molecule has 0 unspecified atom stereocenters. The SMILES string of the molecule is C[C@@H](C(=O)N[C@H](C(=O)N1CCC[C@H]1CN(F)C(=O)c1cn(-c2ccc(F)cc2)cn1)C1CCCCC1)N(C)C(=O)OC(C)(C)C. The van der Waals surface area contributed by atoms with Crippen molar-refractivity contribution in [2.75, 3.05) is 20.1 Å². The molecule has 2 heterocycles. The lowest BCUT2D eigenvalue weighted by atomic mass is 9.83. The number of halogens is 2. The van der Waals surface area contributed by atoms with Gasteiger partial charge in [0.25, 0.3) is 0 Å². The fourth-order valence-electron chi connectivity index (χ4n) is 5.86. The average Bonchev–Trinajstić information content (AvgIpc) is 3.68. The quantitative estimate of drug-likeness (QED) is 0.404. The van der Waals surface area contributed by atoms with Gasteiger partial charge < -0.3 is 19.5 Å². The summed E-state index contributed by atoms with van der Waals surface area (Å²) in [4.78, 5) is 59.7. The van der Waals surface area contributed by atoms with Crippen LogP contribution in [0.15, 0.2) is 36.8 Å². The highest BCUT2D eigenvalue weighted by Gasteiger charge is 2.40. The van der Waals surface area contributed by atoms with Crippen LogP contribution in [0.1, 0.15) is 83.1 Å². The second-order valence-corrected chi connectivity index (χ2v) is 13.0. The summed E-state index contributed by atoms with van der Waals surface area (Å²) in [6, 6.07) is 3.23. The second kappa shape index (κ2) is 14.4. The zero-order valence-corrected chi connectivity index (χ0v) is 26.7. The molecule has 11 nitrogen and oxygen atoms in total. The molecule has 1 aliphatic heterocycles. The first-order valence-corrected chi connectivity index (χ1v) is 15.6. The van der Waals surface area contributed by atoms with Gasteiger partial charge >= 0.3 is 12.0 Å². The van der Waals surface area contributed by atoms with Crippen LogP contribution in [0.4, 0.5) is 13.7 Å². The summed E-state index contributed by atoms with van der Waals surface area (Å²) in [7, 11) is 1.47. The lowest BCUT2D eigenvalue weighted by molar-refractivity contribution is -0.140. The van der Waals surface area contributed by atoms with Gasteiger partial charge in [0, 0.05) is 25.5 Å². The van der Waals surface area contributed by atoms with Gasteiger partial charge in [0.2, 0.25) is 11.8 Å². The van der Waals surface area contributed by atoms with Crippen LogP contribution in [-0.2, 0) is 14.3 Å². The predicted molar refractivity (Wildman–Crippen MR) is 162 cm³/mol. The molecule has 1 aromatic carbocycles. The molecule has 4 rings (SSSR count). The smallest absolute Gasteiger partial charge is 0.410 e. The summed E-state index contributed by atoms with van der Waals surface area (Å²) in [6.45, 7) is 6.81. The molecule has 2 aliphatic rings. The van der Waals surface area contributed by atoms with Gasteiger partial charge in [0.05, 0.1) is 12.6 Å². The van der Waals surface area contributed by atoms with E-state index in [-0.39, 0.29) is 29.2 Å². The number of nitrogens with zero attached hydrogens (tertiary/aromatic N) is 5. The molecular formula is C32H44F2N6O5. The first-order valence-electron chi connectivity index (χ1n) is 15.6. The zero-order valence-electron chi connectivity index (χ0n) is 26.7. The van der Waals surface area contributed by atoms with Gasteiger partial charge in [-0.05, 0) is 83.6 Å². The molecule has 1 aromatic heterocycles. The molecule has 246 valence electrons. The van der Waals surface area contributed by atoms with E-state index in [0.29, 0.717) is 25.1 Å². The Morgan fingerprint density at radius 3 is 2.38 bits per heavy atom. The number of likely N-dealkylation sites (N-methyl/N-ethyl adjacent to an activating group) is 1. The molecule has 13 heteroatoms. The number of carbonyl (C=O) groups is 4. The number of ether oxygens (including phenoxy) is 1. The first kappa shape index (κ1) is 33.9. The molecule has 1 saturated heterocycles. The Labute approximate surface area is 262 Å². The van der Waals surface area contributed by atoms with Crippen molar-refractivity contribution in [1.29, 1.82) is 0 Å². The van der Waals surface area contributed by atoms with Gasteiger partial charge in [0.1, 0.15) is 35.5 Å². The second-order valence-electron chi connectivity index (χ2n) is 13.0. The van der Waals surface area contributed by atoms with Crippen LogP contribution in [0.5, 0.6) is 0 Å². The Hall–Kier alpha value is -4.03. The average molecular weight is 631 g/mol. The van der Waals surface area contributed by atoms with Gasteiger partial charge in [-0.2, -0.15) is 5.12 Å². The van der Waals surface area contributed by atoms with Gasteiger partial charge in [0.15, 0.2) is 0 Å². The van der Waals surface area contributed by atoms with E-state index in [1.165, 1.54) is 53.3 Å². The molecule has 2 fully saturated rings. The summed E-state index contributed by atoms with van der Waals surface area (Å²) in [6.07, 6.45) is 7.60. The summed E-state index contributed by atoms with van der Waals surface area (Å²) >= 11 is 0. The number of rotatable bonds is 9. The number of carbonyl (C=O) groups excluding carboxylic acids is 4. The summed E-state index contributed by atoms with van der Waals surface area (Å²) in [5.41, 5.74) is -0.308. The molecule has 2 aromatic rings. The molecule has 1 aliphatic carbocycles. The third kappa shape index (κ3) is 8.58. The van der Waals surface area contributed by atoms with Crippen LogP contribution >= 0.6 is 0 Å². The third-order valence-electron chi connectivity index (χ3n) is 8.51. The van der Waals surface area contributed by atoms with Crippen molar-refractivity contribution in [3.05, 3.63) is 48.3 Å². The minimum Gasteiger partial charge on any atom is -0.444 e. The lowest BCUT2D eigenvalue weighted by Gasteiger charge is -2.36. The number of imidazole rings is 1. The molecule has 0 bridgehead atoms. The Balaban J connectivity index is 1.44. The van der Waals surface area contributed by atoms with E-state index >= 15 is 4.48 Å².